The normalized spacial score (nSPS) is 16.3. The van der Waals surface area contributed by atoms with Gasteiger partial charge in [-0.25, -0.2) is 0 Å². The first-order valence-electron chi connectivity index (χ1n) is 7.82. The molecule has 1 saturated carbocycles. The summed E-state index contributed by atoms with van der Waals surface area (Å²) in [7, 11) is 1.56. The summed E-state index contributed by atoms with van der Waals surface area (Å²) in [4.78, 5) is 25.7. The van der Waals surface area contributed by atoms with Crippen LogP contribution in [0.2, 0.25) is 0 Å². The Labute approximate surface area is 131 Å². The van der Waals surface area contributed by atoms with Crippen LogP contribution < -0.4 is 5.32 Å². The van der Waals surface area contributed by atoms with Crippen LogP contribution in [0.3, 0.4) is 0 Å². The van der Waals surface area contributed by atoms with Crippen molar-refractivity contribution in [3.8, 4) is 0 Å². The molecule has 1 aliphatic rings. The molecule has 1 fully saturated rings. The van der Waals surface area contributed by atoms with Crippen molar-refractivity contribution in [2.24, 2.45) is 0 Å². The maximum Gasteiger partial charge on any atom is 0.254 e. The van der Waals surface area contributed by atoms with Crippen LogP contribution in [-0.2, 0) is 16.0 Å². The second-order valence-corrected chi connectivity index (χ2v) is 5.96. The minimum atomic E-state index is -1.28. The first-order chi connectivity index (χ1) is 10.5. The zero-order valence-electron chi connectivity index (χ0n) is 13.3. The van der Waals surface area contributed by atoms with Gasteiger partial charge in [0.05, 0.1) is 6.54 Å². The fraction of sp³-hybridized carbons (Fsp3) is 0.529. The molecule has 0 aromatic heterocycles. The van der Waals surface area contributed by atoms with Gasteiger partial charge in [-0.05, 0) is 43.7 Å². The van der Waals surface area contributed by atoms with E-state index in [1.807, 2.05) is 31.2 Å². The van der Waals surface area contributed by atoms with Gasteiger partial charge < -0.3 is 15.3 Å². The number of amides is 2. The van der Waals surface area contributed by atoms with Gasteiger partial charge in [-0.1, -0.05) is 25.1 Å². The Morgan fingerprint density at radius 3 is 2.55 bits per heavy atom. The molecule has 0 spiro atoms. The lowest BCUT2D eigenvalue weighted by Crippen LogP contribution is -2.48. The van der Waals surface area contributed by atoms with E-state index in [-0.39, 0.29) is 18.4 Å². The first-order valence-corrected chi connectivity index (χ1v) is 7.82. The van der Waals surface area contributed by atoms with E-state index in [1.54, 1.807) is 7.05 Å². The minimum Gasteiger partial charge on any atom is -0.380 e. The number of rotatable bonds is 5. The van der Waals surface area contributed by atoms with Crippen molar-refractivity contribution in [3.05, 3.63) is 29.8 Å². The van der Waals surface area contributed by atoms with Crippen LogP contribution in [0, 0.1) is 0 Å². The molecule has 1 aliphatic carbocycles. The van der Waals surface area contributed by atoms with E-state index in [0.29, 0.717) is 12.8 Å². The second kappa shape index (κ2) is 6.92. The van der Waals surface area contributed by atoms with Crippen molar-refractivity contribution in [2.45, 2.75) is 44.6 Å². The molecule has 0 saturated heterocycles. The van der Waals surface area contributed by atoms with Gasteiger partial charge in [0.15, 0.2) is 0 Å². The zero-order chi connectivity index (χ0) is 16.2. The third kappa shape index (κ3) is 3.65. The smallest absolute Gasteiger partial charge is 0.254 e. The maximum absolute atomic E-state index is 12.3. The van der Waals surface area contributed by atoms with Gasteiger partial charge in [-0.2, -0.15) is 0 Å². The van der Waals surface area contributed by atoms with Crippen molar-refractivity contribution < 1.29 is 14.7 Å². The van der Waals surface area contributed by atoms with Gasteiger partial charge in [0, 0.05) is 12.7 Å². The van der Waals surface area contributed by atoms with Crippen LogP contribution in [0.4, 0.5) is 5.69 Å². The minimum absolute atomic E-state index is 0.0564. The number of carbonyl (C=O) groups excluding carboxylic acids is 2. The number of aryl methyl sites for hydroxylation is 1. The lowest BCUT2D eigenvalue weighted by Gasteiger charge is -2.27. The molecule has 120 valence electrons. The first kappa shape index (κ1) is 16.5. The van der Waals surface area contributed by atoms with E-state index < -0.39 is 5.60 Å². The van der Waals surface area contributed by atoms with Crippen molar-refractivity contribution in [2.75, 3.05) is 18.9 Å². The van der Waals surface area contributed by atoms with E-state index in [2.05, 4.69) is 5.32 Å². The number of hydrogen-bond donors (Lipinski definition) is 2. The van der Waals surface area contributed by atoms with Crippen LogP contribution in [0.5, 0.6) is 0 Å². The summed E-state index contributed by atoms with van der Waals surface area (Å²) in [6, 6.07) is 7.61. The zero-order valence-corrected chi connectivity index (χ0v) is 13.3. The number of hydrogen-bond acceptors (Lipinski definition) is 3. The molecule has 5 heteroatoms. The number of likely N-dealkylation sites (N-methyl/N-ethyl adjacent to an activating group) is 1. The molecule has 0 radical (unpaired) electrons. The molecule has 0 bridgehead atoms. The number of para-hydroxylation sites is 1. The van der Waals surface area contributed by atoms with Crippen molar-refractivity contribution in [3.63, 3.8) is 0 Å². The van der Waals surface area contributed by atoms with Gasteiger partial charge in [0.25, 0.3) is 5.91 Å². The van der Waals surface area contributed by atoms with E-state index in [0.717, 1.165) is 30.5 Å². The topological polar surface area (TPSA) is 69.6 Å². The molecule has 1 aromatic rings. The van der Waals surface area contributed by atoms with Gasteiger partial charge in [0.2, 0.25) is 5.91 Å². The van der Waals surface area contributed by atoms with Gasteiger partial charge >= 0.3 is 0 Å². The molecule has 1 aromatic carbocycles. The summed E-state index contributed by atoms with van der Waals surface area (Å²) in [5.41, 5.74) is 0.547. The predicted octanol–water partition coefficient (Wildman–Crippen LogP) is 1.95. The second-order valence-electron chi connectivity index (χ2n) is 5.96. The summed E-state index contributed by atoms with van der Waals surface area (Å²) < 4.78 is 0. The van der Waals surface area contributed by atoms with E-state index in [1.165, 1.54) is 4.90 Å². The standard InChI is InChI=1S/C17H24N2O3/c1-3-13-8-4-5-9-14(13)18-15(20)12-19(2)16(21)17(22)10-6-7-11-17/h4-5,8-9,22H,3,6-7,10-12H2,1-2H3,(H,18,20). The summed E-state index contributed by atoms with van der Waals surface area (Å²) in [6.07, 6.45) is 3.50. The highest BCUT2D eigenvalue weighted by molar-refractivity contribution is 5.96. The molecule has 0 unspecified atom stereocenters. The summed E-state index contributed by atoms with van der Waals surface area (Å²) >= 11 is 0. The quantitative estimate of drug-likeness (QED) is 0.873. The van der Waals surface area contributed by atoms with Crippen molar-refractivity contribution >= 4 is 17.5 Å². The average Bonchev–Trinajstić information content (AvgIpc) is 2.94. The maximum atomic E-state index is 12.3. The average molecular weight is 304 g/mol. The number of benzene rings is 1. The van der Waals surface area contributed by atoms with Crippen LogP contribution in [0.25, 0.3) is 0 Å². The third-order valence-electron chi connectivity index (χ3n) is 4.23. The molecule has 5 nitrogen and oxygen atoms in total. The molecular formula is C17H24N2O3. The fourth-order valence-corrected chi connectivity index (χ4v) is 2.96. The molecule has 0 aliphatic heterocycles. The number of nitrogens with zero attached hydrogens (tertiary/aromatic N) is 1. The Bertz CT molecular complexity index is 551. The highest BCUT2D eigenvalue weighted by atomic mass is 16.3. The number of aliphatic hydroxyl groups is 1. The van der Waals surface area contributed by atoms with Crippen LogP contribution >= 0.6 is 0 Å². The number of nitrogens with one attached hydrogen (secondary N) is 1. The Morgan fingerprint density at radius 1 is 1.27 bits per heavy atom. The molecule has 2 amide bonds. The molecule has 0 atom stereocenters. The predicted molar refractivity (Wildman–Crippen MR) is 85.5 cm³/mol. The Kier molecular flexibility index (Phi) is 5.19. The Morgan fingerprint density at radius 2 is 1.91 bits per heavy atom. The van der Waals surface area contributed by atoms with Crippen LogP contribution in [0.1, 0.15) is 38.2 Å². The van der Waals surface area contributed by atoms with Crippen molar-refractivity contribution in [1.82, 2.24) is 4.90 Å². The molecule has 0 heterocycles. The largest absolute Gasteiger partial charge is 0.380 e. The summed E-state index contributed by atoms with van der Waals surface area (Å²) in [5.74, 6) is -0.609. The molecule has 2 N–H and O–H groups in total. The number of carbonyl (C=O) groups is 2. The van der Waals surface area contributed by atoms with Gasteiger partial charge in [-0.15, -0.1) is 0 Å². The van der Waals surface area contributed by atoms with Crippen LogP contribution in [0.15, 0.2) is 24.3 Å². The van der Waals surface area contributed by atoms with E-state index in [4.69, 9.17) is 0 Å². The summed E-state index contributed by atoms with van der Waals surface area (Å²) in [6.45, 7) is 1.97. The molecule has 22 heavy (non-hydrogen) atoms. The fourth-order valence-electron chi connectivity index (χ4n) is 2.96. The van der Waals surface area contributed by atoms with Gasteiger partial charge in [0.1, 0.15) is 5.60 Å². The Balaban J connectivity index is 1.95. The van der Waals surface area contributed by atoms with E-state index >= 15 is 0 Å². The Hall–Kier alpha value is -1.88. The summed E-state index contributed by atoms with van der Waals surface area (Å²) in [5, 5.41) is 13.1. The highest BCUT2D eigenvalue weighted by Crippen LogP contribution is 2.30. The van der Waals surface area contributed by atoms with Crippen LogP contribution in [-0.4, -0.2) is 41.0 Å². The monoisotopic (exact) mass is 304 g/mol. The molecular weight excluding hydrogens is 280 g/mol. The SMILES string of the molecule is CCc1ccccc1NC(=O)CN(C)C(=O)C1(O)CCCC1. The van der Waals surface area contributed by atoms with E-state index in [9.17, 15) is 14.7 Å². The third-order valence-corrected chi connectivity index (χ3v) is 4.23. The lowest BCUT2D eigenvalue weighted by molar-refractivity contribution is -0.150. The van der Waals surface area contributed by atoms with Gasteiger partial charge in [-0.3, -0.25) is 9.59 Å². The lowest BCUT2D eigenvalue weighted by atomic mass is 10.0. The van der Waals surface area contributed by atoms with Crippen molar-refractivity contribution in [1.29, 1.82) is 0 Å². The molecule has 2 rings (SSSR count). The number of anilines is 1. The highest BCUT2D eigenvalue weighted by Gasteiger charge is 2.40.